The van der Waals surface area contributed by atoms with E-state index in [0.29, 0.717) is 24.7 Å². The van der Waals surface area contributed by atoms with Crippen molar-refractivity contribution in [2.24, 2.45) is 0 Å². The molecule has 2 rings (SSSR count). The van der Waals surface area contributed by atoms with Gasteiger partial charge in [-0.05, 0) is 25.5 Å². The predicted molar refractivity (Wildman–Crippen MR) is 83.5 cm³/mol. The maximum Gasteiger partial charge on any atom is 0.409 e. The Balaban J connectivity index is 2.08. The van der Waals surface area contributed by atoms with Crippen molar-refractivity contribution >= 4 is 23.4 Å². The average molecular weight is 313 g/mol. The van der Waals surface area contributed by atoms with Gasteiger partial charge < -0.3 is 19.3 Å². The SMILES string of the molecule is CCOC(=O)N1CCN(c2cc(C)c(Cl)cc2OC)CC1. The topological polar surface area (TPSA) is 42.0 Å². The molecule has 5 nitrogen and oxygen atoms in total. The minimum absolute atomic E-state index is 0.239. The Hall–Kier alpha value is -1.62. The van der Waals surface area contributed by atoms with E-state index in [0.717, 1.165) is 30.1 Å². The summed E-state index contributed by atoms with van der Waals surface area (Å²) < 4.78 is 10.4. The van der Waals surface area contributed by atoms with Crippen molar-refractivity contribution in [3.8, 4) is 5.75 Å². The minimum Gasteiger partial charge on any atom is -0.495 e. The standard InChI is InChI=1S/C15H21ClN2O3/c1-4-21-15(19)18-7-5-17(6-8-18)13-9-11(2)12(16)10-14(13)20-3/h9-10H,4-8H2,1-3H3. The molecule has 21 heavy (non-hydrogen) atoms. The summed E-state index contributed by atoms with van der Waals surface area (Å²) in [6.07, 6.45) is -0.239. The Morgan fingerprint density at radius 1 is 1.29 bits per heavy atom. The number of rotatable bonds is 3. The average Bonchev–Trinajstić information content (AvgIpc) is 2.50. The second kappa shape index (κ2) is 6.89. The third kappa shape index (κ3) is 3.53. The van der Waals surface area contributed by atoms with Crippen LogP contribution in [0.15, 0.2) is 12.1 Å². The molecule has 0 spiro atoms. The van der Waals surface area contributed by atoms with Gasteiger partial charge in [0.2, 0.25) is 0 Å². The number of halogens is 1. The number of aryl methyl sites for hydroxylation is 1. The summed E-state index contributed by atoms with van der Waals surface area (Å²) >= 11 is 6.14. The van der Waals surface area contributed by atoms with Crippen LogP contribution in [0.25, 0.3) is 0 Å². The summed E-state index contributed by atoms with van der Waals surface area (Å²) in [5, 5.41) is 0.695. The Morgan fingerprint density at radius 3 is 2.52 bits per heavy atom. The Bertz CT molecular complexity index is 514. The summed E-state index contributed by atoms with van der Waals surface area (Å²) in [4.78, 5) is 15.6. The Labute approximate surface area is 130 Å². The van der Waals surface area contributed by atoms with Crippen LogP contribution in [0.4, 0.5) is 10.5 Å². The molecule has 1 aliphatic rings. The van der Waals surface area contributed by atoms with Gasteiger partial charge in [0.15, 0.2) is 0 Å². The number of methoxy groups -OCH3 is 1. The highest BCUT2D eigenvalue weighted by Crippen LogP contribution is 2.34. The van der Waals surface area contributed by atoms with Gasteiger partial charge in [-0.2, -0.15) is 0 Å². The zero-order valence-electron chi connectivity index (χ0n) is 12.7. The molecular formula is C15H21ClN2O3. The molecule has 0 unspecified atom stereocenters. The lowest BCUT2D eigenvalue weighted by atomic mass is 10.1. The number of hydrogen-bond donors (Lipinski definition) is 0. The molecule has 6 heteroatoms. The number of amides is 1. The van der Waals surface area contributed by atoms with E-state index < -0.39 is 0 Å². The maximum atomic E-state index is 11.7. The highest BCUT2D eigenvalue weighted by atomic mass is 35.5. The maximum absolute atomic E-state index is 11.7. The van der Waals surface area contributed by atoms with Crippen molar-refractivity contribution in [3.63, 3.8) is 0 Å². The molecule has 116 valence electrons. The number of carbonyl (C=O) groups excluding carboxylic acids is 1. The summed E-state index contributed by atoms with van der Waals surface area (Å²) in [5.74, 6) is 0.759. The number of anilines is 1. The largest absolute Gasteiger partial charge is 0.495 e. The van der Waals surface area contributed by atoms with Crippen LogP contribution in [-0.2, 0) is 4.74 Å². The van der Waals surface area contributed by atoms with E-state index in [4.69, 9.17) is 21.1 Å². The van der Waals surface area contributed by atoms with Crippen molar-refractivity contribution < 1.29 is 14.3 Å². The van der Waals surface area contributed by atoms with E-state index in [2.05, 4.69) is 4.90 Å². The van der Waals surface area contributed by atoms with Crippen LogP contribution in [0, 0.1) is 6.92 Å². The van der Waals surface area contributed by atoms with Crippen LogP contribution in [0.5, 0.6) is 5.75 Å². The van der Waals surface area contributed by atoms with E-state index >= 15 is 0 Å². The number of nitrogens with zero attached hydrogens (tertiary/aromatic N) is 2. The van der Waals surface area contributed by atoms with Crippen LogP contribution in [0.1, 0.15) is 12.5 Å². The molecule has 1 fully saturated rings. The van der Waals surface area contributed by atoms with Gasteiger partial charge in [0.25, 0.3) is 0 Å². The smallest absolute Gasteiger partial charge is 0.409 e. The first-order valence-corrected chi connectivity index (χ1v) is 7.45. The predicted octanol–water partition coefficient (Wildman–Crippen LogP) is 2.94. The van der Waals surface area contributed by atoms with E-state index in [9.17, 15) is 4.79 Å². The molecule has 0 aromatic heterocycles. The molecule has 0 N–H and O–H groups in total. The molecule has 0 bridgehead atoms. The number of hydrogen-bond acceptors (Lipinski definition) is 4. The second-order valence-electron chi connectivity index (χ2n) is 4.95. The zero-order chi connectivity index (χ0) is 15.4. The molecule has 0 atom stereocenters. The Kier molecular flexibility index (Phi) is 5.17. The summed E-state index contributed by atoms with van der Waals surface area (Å²) in [7, 11) is 1.64. The fourth-order valence-corrected chi connectivity index (χ4v) is 2.56. The van der Waals surface area contributed by atoms with Gasteiger partial charge >= 0.3 is 6.09 Å². The third-order valence-electron chi connectivity index (χ3n) is 3.61. The van der Waals surface area contributed by atoms with Gasteiger partial charge in [-0.1, -0.05) is 11.6 Å². The lowest BCUT2D eigenvalue weighted by Crippen LogP contribution is -2.49. The van der Waals surface area contributed by atoms with Crippen LogP contribution in [-0.4, -0.2) is 50.9 Å². The van der Waals surface area contributed by atoms with Crippen LogP contribution in [0.2, 0.25) is 5.02 Å². The molecule has 1 amide bonds. The van der Waals surface area contributed by atoms with E-state index in [1.807, 2.05) is 26.0 Å². The summed E-state index contributed by atoms with van der Waals surface area (Å²) in [6, 6.07) is 3.87. The van der Waals surface area contributed by atoms with Gasteiger partial charge in [-0.25, -0.2) is 4.79 Å². The first kappa shape index (κ1) is 15.8. The first-order chi connectivity index (χ1) is 10.1. The Morgan fingerprint density at radius 2 is 1.95 bits per heavy atom. The van der Waals surface area contributed by atoms with Crippen molar-refractivity contribution in [1.82, 2.24) is 4.90 Å². The number of ether oxygens (including phenoxy) is 2. The highest BCUT2D eigenvalue weighted by Gasteiger charge is 2.24. The van der Waals surface area contributed by atoms with Crippen LogP contribution < -0.4 is 9.64 Å². The fraction of sp³-hybridized carbons (Fsp3) is 0.533. The zero-order valence-corrected chi connectivity index (χ0v) is 13.4. The fourth-order valence-electron chi connectivity index (χ4n) is 2.40. The molecule has 1 heterocycles. The molecular weight excluding hydrogens is 292 g/mol. The number of piperazine rings is 1. The van der Waals surface area contributed by atoms with Gasteiger partial charge in [-0.15, -0.1) is 0 Å². The summed E-state index contributed by atoms with van der Waals surface area (Å²) in [5.41, 5.74) is 2.03. The number of benzene rings is 1. The lowest BCUT2D eigenvalue weighted by molar-refractivity contribution is 0.105. The van der Waals surface area contributed by atoms with E-state index in [-0.39, 0.29) is 6.09 Å². The van der Waals surface area contributed by atoms with Crippen molar-refractivity contribution in [3.05, 3.63) is 22.7 Å². The molecule has 0 radical (unpaired) electrons. The second-order valence-corrected chi connectivity index (χ2v) is 5.35. The monoisotopic (exact) mass is 312 g/mol. The van der Waals surface area contributed by atoms with Crippen molar-refractivity contribution in [2.45, 2.75) is 13.8 Å². The van der Waals surface area contributed by atoms with Crippen molar-refractivity contribution in [2.75, 3.05) is 44.8 Å². The first-order valence-electron chi connectivity index (χ1n) is 7.07. The normalized spacial score (nSPS) is 15.0. The van der Waals surface area contributed by atoms with Crippen molar-refractivity contribution in [1.29, 1.82) is 0 Å². The van der Waals surface area contributed by atoms with E-state index in [1.165, 1.54) is 0 Å². The van der Waals surface area contributed by atoms with E-state index in [1.54, 1.807) is 12.0 Å². The quantitative estimate of drug-likeness (QED) is 0.860. The lowest BCUT2D eigenvalue weighted by Gasteiger charge is -2.36. The van der Waals surface area contributed by atoms with Gasteiger partial charge in [0.05, 0.1) is 19.4 Å². The van der Waals surface area contributed by atoms with Gasteiger partial charge in [0.1, 0.15) is 5.75 Å². The van der Waals surface area contributed by atoms with Crippen LogP contribution >= 0.6 is 11.6 Å². The summed E-state index contributed by atoms with van der Waals surface area (Å²) in [6.45, 7) is 6.97. The highest BCUT2D eigenvalue weighted by molar-refractivity contribution is 6.31. The van der Waals surface area contributed by atoms with Crippen LogP contribution in [0.3, 0.4) is 0 Å². The molecule has 1 aromatic carbocycles. The third-order valence-corrected chi connectivity index (χ3v) is 4.01. The van der Waals surface area contributed by atoms with Gasteiger partial charge in [0, 0.05) is 37.3 Å². The minimum atomic E-state index is -0.239. The molecule has 1 aromatic rings. The molecule has 0 saturated carbocycles. The van der Waals surface area contributed by atoms with Gasteiger partial charge in [-0.3, -0.25) is 0 Å². The molecule has 1 aliphatic heterocycles. The molecule has 0 aliphatic carbocycles. The number of carbonyl (C=O) groups is 1. The molecule has 1 saturated heterocycles.